The first-order valence-electron chi connectivity index (χ1n) is 13.8. The number of rotatable bonds is 12. The van der Waals surface area contributed by atoms with Crippen molar-refractivity contribution in [3.8, 4) is 0 Å². The fourth-order valence-corrected chi connectivity index (χ4v) is 6.05. The van der Waals surface area contributed by atoms with E-state index in [9.17, 15) is 33.0 Å². The van der Waals surface area contributed by atoms with Crippen molar-refractivity contribution < 1.29 is 46.5 Å². The maximum Gasteiger partial charge on any atom is 0.397 e. The van der Waals surface area contributed by atoms with Crippen LogP contribution in [0.5, 0.6) is 0 Å². The summed E-state index contributed by atoms with van der Waals surface area (Å²) >= 11 is 0. The van der Waals surface area contributed by atoms with Crippen molar-refractivity contribution in [2.24, 2.45) is 17.6 Å². The molecule has 1 aliphatic carbocycles. The van der Waals surface area contributed by atoms with Gasteiger partial charge in [0.25, 0.3) is 5.91 Å². The van der Waals surface area contributed by atoms with Crippen LogP contribution in [0.2, 0.25) is 0 Å². The number of hydrogen-bond acceptors (Lipinski definition) is 10. The highest BCUT2D eigenvalue weighted by atomic mass is 32.3. The molecule has 0 aromatic carbocycles. The topological polar surface area (TPSA) is 245 Å². The van der Waals surface area contributed by atoms with Gasteiger partial charge in [0.1, 0.15) is 18.7 Å². The third kappa shape index (κ3) is 8.38. The van der Waals surface area contributed by atoms with E-state index in [1.54, 1.807) is 18.7 Å². The summed E-state index contributed by atoms with van der Waals surface area (Å²) < 4.78 is 40.0. The Morgan fingerprint density at radius 1 is 1.19 bits per heavy atom. The number of aliphatic hydroxyl groups is 2. The Balaban J connectivity index is 1.75. The van der Waals surface area contributed by atoms with Crippen molar-refractivity contribution in [3.63, 3.8) is 0 Å². The lowest BCUT2D eigenvalue weighted by Gasteiger charge is -2.39. The first kappa shape index (κ1) is 33.7. The van der Waals surface area contributed by atoms with Gasteiger partial charge in [0.05, 0.1) is 12.2 Å². The lowest BCUT2D eigenvalue weighted by molar-refractivity contribution is -0.148. The minimum Gasteiger partial charge on any atom is -0.390 e. The summed E-state index contributed by atoms with van der Waals surface area (Å²) in [5.74, 6) is -2.62. The van der Waals surface area contributed by atoms with Crippen molar-refractivity contribution in [2.75, 3.05) is 33.4 Å². The summed E-state index contributed by atoms with van der Waals surface area (Å²) in [4.78, 5) is 43.4. The van der Waals surface area contributed by atoms with Crippen LogP contribution in [-0.2, 0) is 33.7 Å². The van der Waals surface area contributed by atoms with Crippen LogP contribution in [0.25, 0.3) is 0 Å². The molecule has 3 rings (SSSR count). The Kier molecular flexibility index (Phi) is 11.3. The largest absolute Gasteiger partial charge is 0.397 e. The fourth-order valence-electron chi connectivity index (χ4n) is 5.76. The van der Waals surface area contributed by atoms with Crippen LogP contribution in [0.1, 0.15) is 39.5 Å². The maximum absolute atomic E-state index is 14.0. The number of nitrogens with zero attached hydrogens (tertiary/aromatic N) is 2. The van der Waals surface area contributed by atoms with Gasteiger partial charge in [-0.15, -0.1) is 0 Å². The van der Waals surface area contributed by atoms with E-state index >= 15 is 0 Å². The molecule has 8 N–H and O–H groups in total. The molecule has 0 unspecified atom stereocenters. The van der Waals surface area contributed by atoms with Gasteiger partial charge < -0.3 is 41.1 Å². The molecule has 0 bridgehead atoms. The lowest BCUT2D eigenvalue weighted by atomic mass is 9.81. The molecule has 1 saturated heterocycles. The molecule has 42 heavy (non-hydrogen) atoms. The van der Waals surface area contributed by atoms with Gasteiger partial charge in [-0.3, -0.25) is 24.3 Å². The molecule has 0 spiro atoms. The SMILES string of the molecule is CO[C@H](COS(=O)(=O)O)C(=O)N[C@@H](C(=O)N1[C@H](C(=O)NCCC2=CCN(C(=N)N)C2)C[C@@H]2C[C@H](O)[C@@H](O)C[C@@H]21)C(C)C. The number of guanidine groups is 1. The van der Waals surface area contributed by atoms with Crippen molar-refractivity contribution in [1.82, 2.24) is 20.4 Å². The van der Waals surface area contributed by atoms with Gasteiger partial charge in [0.2, 0.25) is 11.8 Å². The van der Waals surface area contributed by atoms with Crippen LogP contribution in [0.3, 0.4) is 0 Å². The van der Waals surface area contributed by atoms with Crippen LogP contribution in [0.15, 0.2) is 11.6 Å². The quantitative estimate of drug-likeness (QED) is 0.0529. The maximum atomic E-state index is 14.0. The fraction of sp³-hybridized carbons (Fsp3) is 0.760. The second kappa shape index (κ2) is 14.1. The molecular formula is C25H42N6O10S. The number of methoxy groups -OCH3 is 1. The molecule has 3 amide bonds. The van der Waals surface area contributed by atoms with E-state index in [2.05, 4.69) is 14.8 Å². The monoisotopic (exact) mass is 618 g/mol. The molecule has 17 heteroatoms. The Bertz CT molecular complexity index is 1160. The van der Waals surface area contributed by atoms with Crippen molar-refractivity contribution in [2.45, 2.75) is 76.0 Å². The summed E-state index contributed by atoms with van der Waals surface area (Å²) in [7, 11) is -3.71. The summed E-state index contributed by atoms with van der Waals surface area (Å²) in [5, 5.41) is 33.7. The highest BCUT2D eigenvalue weighted by Crippen LogP contribution is 2.40. The van der Waals surface area contributed by atoms with Gasteiger partial charge in [0, 0.05) is 32.8 Å². The van der Waals surface area contributed by atoms with E-state index in [1.165, 1.54) is 4.90 Å². The number of hydrogen-bond donors (Lipinski definition) is 7. The highest BCUT2D eigenvalue weighted by Gasteiger charge is 2.52. The van der Waals surface area contributed by atoms with Gasteiger partial charge in [-0.1, -0.05) is 25.5 Å². The highest BCUT2D eigenvalue weighted by molar-refractivity contribution is 7.80. The molecule has 7 atom stereocenters. The third-order valence-electron chi connectivity index (χ3n) is 8.05. The third-order valence-corrected chi connectivity index (χ3v) is 8.48. The number of nitrogens with two attached hydrogens (primary N) is 1. The number of carbonyl (C=O) groups excluding carboxylic acids is 3. The second-order valence-corrected chi connectivity index (χ2v) is 12.4. The number of ether oxygens (including phenoxy) is 1. The van der Waals surface area contributed by atoms with E-state index in [4.69, 9.17) is 20.4 Å². The van der Waals surface area contributed by atoms with E-state index in [0.29, 0.717) is 19.5 Å². The summed E-state index contributed by atoms with van der Waals surface area (Å²) in [6.45, 7) is 3.83. The van der Waals surface area contributed by atoms with Crippen LogP contribution >= 0.6 is 0 Å². The van der Waals surface area contributed by atoms with Crippen LogP contribution < -0.4 is 16.4 Å². The summed E-state index contributed by atoms with van der Waals surface area (Å²) in [5.41, 5.74) is 6.54. The molecule has 2 fully saturated rings. The molecule has 238 valence electrons. The first-order chi connectivity index (χ1) is 19.6. The zero-order chi connectivity index (χ0) is 31.4. The zero-order valence-electron chi connectivity index (χ0n) is 23.9. The molecule has 1 saturated carbocycles. The average molecular weight is 619 g/mol. The number of nitrogens with one attached hydrogen (secondary N) is 3. The van der Waals surface area contributed by atoms with Crippen LogP contribution in [-0.4, -0.2) is 126 Å². The number of carbonyl (C=O) groups is 3. The van der Waals surface area contributed by atoms with Crippen molar-refractivity contribution in [3.05, 3.63) is 11.6 Å². The predicted molar refractivity (Wildman–Crippen MR) is 148 cm³/mol. The normalized spacial score (nSPS) is 27.3. The molecule has 0 aromatic heterocycles. The van der Waals surface area contributed by atoms with Crippen LogP contribution in [0.4, 0.5) is 0 Å². The van der Waals surface area contributed by atoms with Gasteiger partial charge in [0.15, 0.2) is 12.1 Å². The van der Waals surface area contributed by atoms with Crippen molar-refractivity contribution >= 4 is 34.1 Å². The lowest BCUT2D eigenvalue weighted by Crippen LogP contribution is -2.60. The van der Waals surface area contributed by atoms with Crippen LogP contribution in [0, 0.1) is 17.2 Å². The number of aliphatic hydroxyl groups excluding tert-OH is 2. The van der Waals surface area contributed by atoms with Gasteiger partial charge in [-0.25, -0.2) is 4.18 Å². The number of likely N-dealkylation sites (tertiary alicyclic amines) is 1. The first-order valence-corrected chi connectivity index (χ1v) is 15.2. The Labute approximate surface area is 245 Å². The predicted octanol–water partition coefficient (Wildman–Crippen LogP) is -2.30. The number of fused-ring (bicyclic) bond motifs is 1. The van der Waals surface area contributed by atoms with Gasteiger partial charge >= 0.3 is 10.4 Å². The molecule has 0 aromatic rings. The molecule has 2 heterocycles. The Morgan fingerprint density at radius 3 is 2.43 bits per heavy atom. The summed E-state index contributed by atoms with van der Waals surface area (Å²) in [6, 6.07) is -2.64. The zero-order valence-corrected chi connectivity index (χ0v) is 24.7. The summed E-state index contributed by atoms with van der Waals surface area (Å²) in [6.07, 6.45) is -0.577. The molecule has 3 aliphatic rings. The second-order valence-electron chi connectivity index (χ2n) is 11.3. The minimum atomic E-state index is -4.84. The van der Waals surface area contributed by atoms with E-state index in [-0.39, 0.29) is 37.7 Å². The average Bonchev–Trinajstić information content (AvgIpc) is 3.52. The standard InChI is InChI=1S/C25H42N6O10S/c1-13(2)21(29-23(35)20(40-3)12-41-42(37,38)39)24(36)31-16-10-19(33)18(32)9-15(16)8-17(31)22(34)28-6-4-14-5-7-30(11-14)25(26)27/h5,13,15-21,32-33H,4,6-12H2,1-3H3,(H3,26,27)(H,28,34)(H,29,35)(H,37,38,39)/t15-,16+,17+,18+,19+,20-,21-/m1/s1. The van der Waals surface area contributed by atoms with Gasteiger partial charge in [-0.05, 0) is 37.5 Å². The molecular weight excluding hydrogens is 576 g/mol. The molecule has 16 nitrogen and oxygen atoms in total. The minimum absolute atomic E-state index is 0.0352. The Hall–Kier alpha value is -2.83. The van der Waals surface area contributed by atoms with E-state index in [1.807, 2.05) is 6.08 Å². The van der Waals surface area contributed by atoms with E-state index in [0.717, 1.165) is 12.7 Å². The van der Waals surface area contributed by atoms with E-state index < -0.39 is 77.1 Å². The number of amides is 3. The smallest absolute Gasteiger partial charge is 0.390 e. The molecule has 2 aliphatic heterocycles. The molecule has 0 radical (unpaired) electrons. The van der Waals surface area contributed by atoms with Gasteiger partial charge in [-0.2, -0.15) is 8.42 Å². The Morgan fingerprint density at radius 2 is 1.86 bits per heavy atom. The van der Waals surface area contributed by atoms with Crippen molar-refractivity contribution in [1.29, 1.82) is 5.41 Å².